The fraction of sp³-hybridized carbons (Fsp3) is 0.400. The van der Waals surface area contributed by atoms with Gasteiger partial charge in [-0.25, -0.2) is 4.79 Å². The molecule has 0 aliphatic heterocycles. The quantitative estimate of drug-likeness (QED) is 0.625. The lowest BCUT2D eigenvalue weighted by molar-refractivity contribution is 0.0696. The van der Waals surface area contributed by atoms with Crippen molar-refractivity contribution in [3.63, 3.8) is 0 Å². The summed E-state index contributed by atoms with van der Waals surface area (Å²) >= 11 is 1.38. The van der Waals surface area contributed by atoms with Gasteiger partial charge in [0, 0.05) is 29.8 Å². The van der Waals surface area contributed by atoms with Crippen LogP contribution in [0, 0.1) is 0 Å². The number of nitrogens with one attached hydrogen (secondary N) is 2. The molecule has 0 saturated heterocycles. The number of carbonyl (C=O) groups is 2. The zero-order valence-electron chi connectivity index (χ0n) is 15.7. The topological polar surface area (TPSA) is 87.7 Å². The number of thiophene rings is 1. The number of aryl methyl sites for hydroxylation is 1. The van der Waals surface area contributed by atoms with Gasteiger partial charge in [0.1, 0.15) is 5.00 Å². The maximum Gasteiger partial charge on any atom is 0.339 e. The van der Waals surface area contributed by atoms with Crippen LogP contribution in [0.25, 0.3) is 0 Å². The zero-order valence-corrected chi connectivity index (χ0v) is 16.5. The Morgan fingerprint density at radius 2 is 1.96 bits per heavy atom. The molecule has 1 aliphatic rings. The highest BCUT2D eigenvalue weighted by Gasteiger charge is 2.38. The molecule has 0 unspecified atom stereocenters. The molecule has 27 heavy (non-hydrogen) atoms. The van der Waals surface area contributed by atoms with Gasteiger partial charge < -0.3 is 20.5 Å². The van der Waals surface area contributed by atoms with E-state index in [4.69, 9.17) is 4.74 Å². The molecule has 3 N–H and O–H groups in total. The number of anilines is 2. The summed E-state index contributed by atoms with van der Waals surface area (Å²) in [6, 6.07) is 7.08. The van der Waals surface area contributed by atoms with E-state index in [0.717, 1.165) is 29.0 Å². The number of benzene rings is 1. The van der Waals surface area contributed by atoms with Crippen LogP contribution in [0.3, 0.4) is 0 Å². The lowest BCUT2D eigenvalue weighted by Gasteiger charge is -2.19. The normalized spacial score (nSPS) is 14.6. The van der Waals surface area contributed by atoms with Crippen LogP contribution in [-0.2, 0) is 16.6 Å². The van der Waals surface area contributed by atoms with Gasteiger partial charge in [0.2, 0.25) is 0 Å². The molecule has 2 aromatic rings. The van der Waals surface area contributed by atoms with Crippen molar-refractivity contribution in [2.75, 3.05) is 30.9 Å². The predicted molar refractivity (Wildman–Crippen MR) is 107 cm³/mol. The van der Waals surface area contributed by atoms with Crippen LogP contribution in [0.1, 0.15) is 51.4 Å². The van der Waals surface area contributed by atoms with Crippen molar-refractivity contribution in [3.8, 4) is 0 Å². The first-order valence-corrected chi connectivity index (χ1v) is 9.69. The molecule has 1 aliphatic carbocycles. The highest BCUT2D eigenvalue weighted by Crippen LogP contribution is 2.48. The summed E-state index contributed by atoms with van der Waals surface area (Å²) in [6.07, 6.45) is 1.78. The summed E-state index contributed by atoms with van der Waals surface area (Å²) in [7, 11) is 1.64. The number of methoxy groups -OCH3 is 1. The number of hydrogen-bond donors (Lipinski definition) is 3. The molecule has 1 aromatic carbocycles. The molecule has 1 heterocycles. The lowest BCUT2D eigenvalue weighted by Crippen LogP contribution is -2.18. The molecule has 1 amide bonds. The van der Waals surface area contributed by atoms with Crippen LogP contribution in [0.4, 0.5) is 10.7 Å². The van der Waals surface area contributed by atoms with E-state index in [2.05, 4.69) is 24.5 Å². The van der Waals surface area contributed by atoms with Gasteiger partial charge in [0.15, 0.2) is 0 Å². The Morgan fingerprint density at radius 3 is 2.59 bits per heavy atom. The van der Waals surface area contributed by atoms with Crippen molar-refractivity contribution >= 4 is 33.9 Å². The van der Waals surface area contributed by atoms with E-state index in [1.54, 1.807) is 19.2 Å². The minimum atomic E-state index is -0.990. The number of ether oxygens (including phenoxy) is 1. The maximum absolute atomic E-state index is 12.6. The van der Waals surface area contributed by atoms with E-state index >= 15 is 0 Å². The van der Waals surface area contributed by atoms with Crippen LogP contribution in [-0.4, -0.2) is 37.2 Å². The third-order valence-electron chi connectivity index (χ3n) is 4.86. The van der Waals surface area contributed by atoms with E-state index in [0.29, 0.717) is 23.7 Å². The molecule has 0 atom stereocenters. The van der Waals surface area contributed by atoms with Gasteiger partial charge in [0.25, 0.3) is 5.91 Å². The standard InChI is InChI=1S/C20H24N2O4S/c1-20(2)9-8-14-16(20)15(19(24)25)18(27-14)22-17(23)12-4-6-13(7-5-12)21-10-11-26-3/h4-7,21H,8-11H2,1-3H3,(H,22,23)(H,24,25). The zero-order chi connectivity index (χ0) is 19.6. The van der Waals surface area contributed by atoms with Crippen molar-refractivity contribution < 1.29 is 19.4 Å². The smallest absolute Gasteiger partial charge is 0.339 e. The van der Waals surface area contributed by atoms with E-state index in [1.807, 2.05) is 12.1 Å². The third kappa shape index (κ3) is 3.99. The number of carboxylic acid groups (broad SMARTS) is 1. The van der Waals surface area contributed by atoms with E-state index in [-0.39, 0.29) is 16.9 Å². The Kier molecular flexibility index (Phi) is 5.53. The summed E-state index contributed by atoms with van der Waals surface area (Å²) in [5.74, 6) is -1.30. The minimum Gasteiger partial charge on any atom is -0.478 e. The molecule has 7 heteroatoms. The van der Waals surface area contributed by atoms with Gasteiger partial charge in [-0.1, -0.05) is 13.8 Å². The fourth-order valence-electron chi connectivity index (χ4n) is 3.43. The summed E-state index contributed by atoms with van der Waals surface area (Å²) in [5, 5.41) is 16.1. The summed E-state index contributed by atoms with van der Waals surface area (Å²) in [5.41, 5.74) is 2.30. The van der Waals surface area contributed by atoms with E-state index < -0.39 is 5.97 Å². The largest absolute Gasteiger partial charge is 0.478 e. The summed E-state index contributed by atoms with van der Waals surface area (Å²) in [4.78, 5) is 25.5. The van der Waals surface area contributed by atoms with Gasteiger partial charge >= 0.3 is 5.97 Å². The Bertz CT molecular complexity index is 856. The SMILES string of the molecule is COCCNc1ccc(C(=O)Nc2sc3c(c2C(=O)O)C(C)(C)CC3)cc1. The molecule has 6 nitrogen and oxygen atoms in total. The third-order valence-corrected chi connectivity index (χ3v) is 6.02. The van der Waals surface area contributed by atoms with Crippen LogP contribution < -0.4 is 10.6 Å². The highest BCUT2D eigenvalue weighted by molar-refractivity contribution is 7.17. The first-order valence-electron chi connectivity index (χ1n) is 8.87. The monoisotopic (exact) mass is 388 g/mol. The van der Waals surface area contributed by atoms with Gasteiger partial charge in [-0.3, -0.25) is 4.79 Å². The van der Waals surface area contributed by atoms with Crippen LogP contribution in [0.5, 0.6) is 0 Å². The van der Waals surface area contributed by atoms with Crippen molar-refractivity contribution in [3.05, 3.63) is 45.8 Å². The molecule has 0 bridgehead atoms. The number of amides is 1. The predicted octanol–water partition coefficient (Wildman–Crippen LogP) is 3.98. The fourth-order valence-corrected chi connectivity index (χ4v) is 4.79. The molecular formula is C20H24N2O4S. The Labute approximate surface area is 162 Å². The maximum atomic E-state index is 12.6. The van der Waals surface area contributed by atoms with Gasteiger partial charge in [0.05, 0.1) is 12.2 Å². The second-order valence-corrected chi connectivity index (χ2v) is 8.35. The number of rotatable bonds is 7. The number of fused-ring (bicyclic) bond motifs is 1. The Morgan fingerprint density at radius 1 is 1.26 bits per heavy atom. The van der Waals surface area contributed by atoms with E-state index in [9.17, 15) is 14.7 Å². The molecule has 3 rings (SSSR count). The van der Waals surface area contributed by atoms with Crippen molar-refractivity contribution in [2.24, 2.45) is 0 Å². The molecule has 1 aromatic heterocycles. The molecular weight excluding hydrogens is 364 g/mol. The average molecular weight is 388 g/mol. The molecule has 0 saturated carbocycles. The Balaban J connectivity index is 1.78. The number of carboxylic acids is 1. The average Bonchev–Trinajstić information content (AvgIpc) is 3.13. The molecule has 144 valence electrons. The Hall–Kier alpha value is -2.38. The van der Waals surface area contributed by atoms with Gasteiger partial charge in [-0.2, -0.15) is 0 Å². The minimum absolute atomic E-state index is 0.182. The molecule has 0 fully saturated rings. The van der Waals surface area contributed by atoms with Crippen molar-refractivity contribution in [1.82, 2.24) is 0 Å². The second-order valence-electron chi connectivity index (χ2n) is 7.24. The van der Waals surface area contributed by atoms with E-state index in [1.165, 1.54) is 11.3 Å². The highest BCUT2D eigenvalue weighted by atomic mass is 32.1. The number of hydrogen-bond acceptors (Lipinski definition) is 5. The first-order chi connectivity index (χ1) is 12.8. The van der Waals surface area contributed by atoms with Crippen molar-refractivity contribution in [2.45, 2.75) is 32.1 Å². The lowest BCUT2D eigenvalue weighted by atomic mass is 9.85. The van der Waals surface area contributed by atoms with Crippen LogP contribution in [0.2, 0.25) is 0 Å². The van der Waals surface area contributed by atoms with Crippen molar-refractivity contribution in [1.29, 1.82) is 0 Å². The van der Waals surface area contributed by atoms with Gasteiger partial charge in [-0.05, 0) is 48.1 Å². The molecule has 0 radical (unpaired) electrons. The summed E-state index contributed by atoms with van der Waals surface area (Å²) in [6.45, 7) is 5.39. The van der Waals surface area contributed by atoms with Crippen LogP contribution in [0.15, 0.2) is 24.3 Å². The number of carbonyl (C=O) groups excluding carboxylic acids is 1. The summed E-state index contributed by atoms with van der Waals surface area (Å²) < 4.78 is 4.99. The molecule has 0 spiro atoms. The van der Waals surface area contributed by atoms with Gasteiger partial charge in [-0.15, -0.1) is 11.3 Å². The first kappa shape index (κ1) is 19.4. The second kappa shape index (κ2) is 7.70. The number of aromatic carboxylic acids is 1. The van der Waals surface area contributed by atoms with Crippen LogP contribution >= 0.6 is 11.3 Å².